The lowest BCUT2D eigenvalue weighted by Gasteiger charge is -2.13. The van der Waals surface area contributed by atoms with E-state index in [2.05, 4.69) is 29.1 Å². The lowest BCUT2D eigenvalue weighted by molar-refractivity contribution is 0.0960. The maximum absolute atomic E-state index is 13.9. The van der Waals surface area contributed by atoms with Crippen molar-refractivity contribution in [2.24, 2.45) is 21.1 Å². The highest BCUT2D eigenvalue weighted by Crippen LogP contribution is 2.34. The van der Waals surface area contributed by atoms with Crippen LogP contribution in [0.5, 0.6) is 0 Å². The number of carbonyl (C=O) groups excluding carboxylic acids is 6. The van der Waals surface area contributed by atoms with E-state index in [9.17, 15) is 55.1 Å². The normalized spacial score (nSPS) is 10.7. The van der Waals surface area contributed by atoms with Crippen LogP contribution in [0.4, 0.5) is 61.0 Å². The number of aromatic nitrogens is 6. The minimum Gasteiger partial charge on any atom is -0.364 e. The Balaban J connectivity index is 0.000000208. The third-order valence-corrected chi connectivity index (χ3v) is 22.1. The molecule has 12 aromatic rings. The Labute approximate surface area is 757 Å². The highest BCUT2D eigenvalue weighted by atomic mass is 35.5. The van der Waals surface area contributed by atoms with Gasteiger partial charge in [-0.2, -0.15) is 0 Å². The van der Waals surface area contributed by atoms with Crippen molar-refractivity contribution in [3.8, 4) is 0 Å². The number of benzene rings is 6. The molecule has 18 nitrogen and oxygen atoms in total. The molecule has 0 fully saturated rings. The maximum Gasteiger partial charge on any atom is 0.230 e. The third kappa shape index (κ3) is 26.4. The summed E-state index contributed by atoms with van der Waals surface area (Å²) in [5.41, 5.74) is 5.74. The fourth-order valence-corrected chi connectivity index (χ4v) is 15.1. The average molecular weight is 1830 g/mol. The van der Waals surface area contributed by atoms with Crippen molar-refractivity contribution >= 4 is 139 Å². The summed E-state index contributed by atoms with van der Waals surface area (Å²) in [6.07, 6.45) is 5.34. The smallest absolute Gasteiger partial charge is 0.230 e. The van der Waals surface area contributed by atoms with E-state index in [4.69, 9.17) is 109 Å². The summed E-state index contributed by atoms with van der Waals surface area (Å²) in [5.74, 6) is -1.86. The van der Waals surface area contributed by atoms with Gasteiger partial charge in [0.1, 0.15) is 34.9 Å². The molecule has 0 saturated heterocycles. The Bertz CT molecular complexity index is 6020. The second-order valence-electron chi connectivity index (χ2n) is 28.9. The standard InChI is InChI=1S/2C17H16ClFN2O.2C16H14ClFN2O.2C15H12ClFN2O/c1-11(2)21-15(8-10-17(21)20-3)16(22)9-7-12-13(18)5-4-6-14(12)19;1-11(2)21-10-12(20-3)9-16(21)17(22)8-7-13-14(18)5-4-6-15(13)19;1-10(16-11(17)5-4-6-12(16)18)9-14(21)13-7-8-15(19-2)20(13)3;1-3-20-14(8-10-16(20)19-2)15(21)9-7-11-12(17)5-4-6-13(11)18;1-18-15-9-7-13(19(15)2)14(20)8-6-10-11(16)4-3-5-12(10)17;1-18-10-8-14(19(2)9-10)15(20)7-6-11-12(16)4-3-5-13(11)17/h4-6,8,10-11H,7,9H2,1-2H3;4-6,9-11H,7-8H2,1-2H3;4-8,10H,9H2,1,3H3;4-6,8,10H,3,7,9H2,1H3;3-5,7,9H,6,8H2,2H3;3-5,8-9H,6-7H2,2H3/t;;10-;;;/m..1.../s1. The van der Waals surface area contributed by atoms with Crippen LogP contribution in [0, 0.1) is 74.3 Å². The van der Waals surface area contributed by atoms with E-state index in [1.54, 1.807) is 154 Å². The van der Waals surface area contributed by atoms with E-state index in [-0.39, 0.29) is 123 Å². The van der Waals surface area contributed by atoms with Crippen molar-refractivity contribution in [2.45, 2.75) is 137 Å². The van der Waals surface area contributed by atoms with Crippen LogP contribution in [0.1, 0.15) is 194 Å². The Kier molecular flexibility index (Phi) is 38.2. The molecule has 12 rings (SSSR count). The van der Waals surface area contributed by atoms with Gasteiger partial charge in [-0.15, -0.1) is 0 Å². The highest BCUT2D eigenvalue weighted by molar-refractivity contribution is 6.33. The van der Waals surface area contributed by atoms with E-state index >= 15 is 0 Å². The molecule has 0 aliphatic heterocycles. The molecule has 0 spiro atoms. The van der Waals surface area contributed by atoms with Crippen molar-refractivity contribution in [1.82, 2.24) is 27.4 Å². The largest absolute Gasteiger partial charge is 0.364 e. The lowest BCUT2D eigenvalue weighted by atomic mass is 9.94. The molecule has 6 aromatic heterocycles. The topological polar surface area (TPSA) is 158 Å². The van der Waals surface area contributed by atoms with Crippen molar-refractivity contribution in [1.29, 1.82) is 0 Å². The first-order valence-electron chi connectivity index (χ1n) is 39.1. The zero-order valence-electron chi connectivity index (χ0n) is 69.9. The number of ketones is 6. The van der Waals surface area contributed by atoms with Crippen LogP contribution in [0.3, 0.4) is 0 Å². The number of hydrogen-bond donors (Lipinski definition) is 0. The first-order valence-corrected chi connectivity index (χ1v) is 41.4. The molecule has 0 aliphatic carbocycles. The molecular formula is C96H84Cl6F6N12O6. The molecular weight excluding hydrogens is 1740 g/mol. The van der Waals surface area contributed by atoms with Gasteiger partial charge in [-0.3, -0.25) is 47.0 Å². The Morgan fingerprint density at radius 2 is 0.651 bits per heavy atom. The predicted molar refractivity (Wildman–Crippen MR) is 483 cm³/mol. The molecule has 0 amide bonds. The molecule has 30 heteroatoms. The van der Waals surface area contributed by atoms with Crippen molar-refractivity contribution in [2.75, 3.05) is 0 Å². The van der Waals surface area contributed by atoms with Gasteiger partial charge in [0.05, 0.1) is 51.2 Å². The number of nitrogens with zero attached hydrogens (tertiary/aromatic N) is 12. The average Bonchev–Trinajstić information content (AvgIpc) is 1.62. The lowest BCUT2D eigenvalue weighted by Crippen LogP contribution is -2.11. The molecule has 0 bridgehead atoms. The number of halogens is 12. The molecule has 6 heterocycles. The summed E-state index contributed by atoms with van der Waals surface area (Å²) in [5, 5.41) is 1.96. The summed E-state index contributed by atoms with van der Waals surface area (Å²) < 4.78 is 92.0. The number of hydrogen-bond acceptors (Lipinski definition) is 6. The molecule has 648 valence electrons. The van der Waals surface area contributed by atoms with Gasteiger partial charge < -0.3 is 28.5 Å². The van der Waals surface area contributed by atoms with Crippen LogP contribution in [0.2, 0.25) is 30.1 Å². The van der Waals surface area contributed by atoms with Gasteiger partial charge in [-0.1, -0.05) is 139 Å². The summed E-state index contributed by atoms with van der Waals surface area (Å²) in [4.78, 5) is 93.6. The van der Waals surface area contributed by atoms with Gasteiger partial charge in [0.25, 0.3) is 0 Å². The maximum atomic E-state index is 13.9. The number of Topliss-reactive ketones (excluding diaryl/α,β-unsaturated/α-hetero) is 6. The zero-order chi connectivity index (χ0) is 92.9. The van der Waals surface area contributed by atoms with Crippen LogP contribution in [0.25, 0.3) is 29.1 Å². The van der Waals surface area contributed by atoms with Crippen molar-refractivity contribution in [3.05, 3.63) is 383 Å². The van der Waals surface area contributed by atoms with Gasteiger partial charge in [0.2, 0.25) is 57.8 Å². The first-order chi connectivity index (χ1) is 60.0. The van der Waals surface area contributed by atoms with Crippen molar-refractivity contribution in [3.63, 3.8) is 0 Å². The minimum absolute atomic E-state index is 0.00935. The number of aryl methyl sites for hydroxylation is 1. The molecule has 0 aliphatic rings. The second-order valence-corrected chi connectivity index (χ2v) is 31.3. The number of carbonyl (C=O) groups is 6. The van der Waals surface area contributed by atoms with E-state index in [1.807, 2.05) is 34.6 Å². The second kappa shape index (κ2) is 48.0. The molecule has 0 unspecified atom stereocenters. The molecule has 0 saturated carbocycles. The predicted octanol–water partition coefficient (Wildman–Crippen LogP) is 28.2. The Hall–Kier alpha value is -12.7. The van der Waals surface area contributed by atoms with Gasteiger partial charge in [0, 0.05) is 128 Å². The van der Waals surface area contributed by atoms with Crippen LogP contribution in [-0.2, 0) is 59.8 Å². The molecule has 1 atom stereocenters. The summed E-state index contributed by atoms with van der Waals surface area (Å²) in [6, 6.07) is 43.0. The van der Waals surface area contributed by atoms with E-state index in [0.29, 0.717) is 139 Å². The van der Waals surface area contributed by atoms with E-state index in [0.717, 1.165) is 0 Å². The number of rotatable bonds is 27. The third-order valence-electron chi connectivity index (χ3n) is 20.0. The van der Waals surface area contributed by atoms with Crippen molar-refractivity contribution < 1.29 is 55.1 Å². The fourth-order valence-electron chi connectivity index (χ4n) is 13.4. The first kappa shape index (κ1) is 100. The molecule has 126 heavy (non-hydrogen) atoms. The summed E-state index contributed by atoms with van der Waals surface area (Å²) in [7, 11) is 5.04. The van der Waals surface area contributed by atoms with E-state index in [1.165, 1.54) is 83.4 Å². The van der Waals surface area contributed by atoms with Gasteiger partial charge in [-0.05, 0) is 206 Å². The van der Waals surface area contributed by atoms with Gasteiger partial charge >= 0.3 is 0 Å². The minimum atomic E-state index is -0.406. The van der Waals surface area contributed by atoms with Crippen LogP contribution in [0.15, 0.2) is 182 Å². The molecule has 6 aromatic carbocycles. The Morgan fingerprint density at radius 1 is 0.341 bits per heavy atom. The van der Waals surface area contributed by atoms with Gasteiger partial charge in [-0.25, -0.2) is 36.0 Å². The zero-order valence-corrected chi connectivity index (χ0v) is 74.4. The fraction of sp³-hybridized carbons (Fsp3) is 0.250. The van der Waals surface area contributed by atoms with Gasteiger partial charge in [0.15, 0.2) is 34.3 Å². The van der Waals surface area contributed by atoms with Crippen LogP contribution >= 0.6 is 69.6 Å². The van der Waals surface area contributed by atoms with Crippen LogP contribution in [-0.4, -0.2) is 62.1 Å². The summed E-state index contributed by atoms with van der Waals surface area (Å²) in [6.45, 7) is 54.1. The highest BCUT2D eigenvalue weighted by Gasteiger charge is 2.26. The molecule has 0 radical (unpaired) electrons. The quantitative estimate of drug-likeness (QED) is 0.0283. The van der Waals surface area contributed by atoms with Crippen LogP contribution < -0.4 is 0 Å². The monoisotopic (exact) mass is 1820 g/mol. The Morgan fingerprint density at radius 3 is 0.992 bits per heavy atom. The molecule has 0 N–H and O–H groups in total. The van der Waals surface area contributed by atoms with E-state index < -0.39 is 34.9 Å². The SMILES string of the molecule is [C-]#[N+]c1cc(C(=O)CCc2c(F)cccc2Cl)n(C(C)C)c1.[C-]#[N+]c1cc(C(=O)CCc2c(F)cccc2Cl)n(C)c1.[C-]#[N+]c1ccc(C(=O)CCc2c(F)cccc2Cl)n1C.[C-]#[N+]c1ccc(C(=O)CCc2c(F)cccc2Cl)n1C(C)C.[C-]#[N+]c1ccc(C(=O)CCc2c(F)cccc2Cl)n1CC.[C-]#[N+]c1ccc(C(=O)C[C@@H](C)c2c(F)cccc2Cl)n1C. The summed E-state index contributed by atoms with van der Waals surface area (Å²) >= 11 is 35.7.